The molecule has 3 aromatic rings. The summed E-state index contributed by atoms with van der Waals surface area (Å²) in [7, 11) is 1.54. The van der Waals surface area contributed by atoms with Crippen LogP contribution in [0.5, 0.6) is 5.75 Å². The van der Waals surface area contributed by atoms with Crippen LogP contribution in [-0.2, 0) is 11.0 Å². The van der Waals surface area contributed by atoms with E-state index in [1.165, 1.54) is 10.6 Å². The highest BCUT2D eigenvalue weighted by Crippen LogP contribution is 2.33. The van der Waals surface area contributed by atoms with E-state index in [0.717, 1.165) is 36.7 Å². The summed E-state index contributed by atoms with van der Waals surface area (Å²) in [5.41, 5.74) is 0.137. The smallest absolute Gasteiger partial charge is 0.416 e. The number of halogens is 3. The molecule has 0 spiro atoms. The van der Waals surface area contributed by atoms with Crippen LogP contribution in [0.2, 0.25) is 0 Å². The summed E-state index contributed by atoms with van der Waals surface area (Å²) in [6, 6.07) is 12.1. The average molecular weight is 448 g/mol. The van der Waals surface area contributed by atoms with E-state index in [-0.39, 0.29) is 23.4 Å². The molecular formula is C21H19F3N4O2S. The van der Waals surface area contributed by atoms with Crippen LogP contribution in [-0.4, -0.2) is 39.6 Å². The Bertz CT molecular complexity index is 1080. The normalized spacial score (nSPS) is 13.8. The molecule has 1 aliphatic carbocycles. The number of rotatable bonds is 7. The molecule has 1 fully saturated rings. The molecule has 4 rings (SSSR count). The minimum absolute atomic E-state index is 0.0935. The van der Waals surface area contributed by atoms with Gasteiger partial charge in [-0.25, -0.2) is 0 Å². The van der Waals surface area contributed by atoms with Crippen LogP contribution < -0.4 is 10.1 Å². The Morgan fingerprint density at radius 3 is 2.58 bits per heavy atom. The molecule has 0 saturated heterocycles. The topological polar surface area (TPSA) is 69.0 Å². The van der Waals surface area contributed by atoms with E-state index in [4.69, 9.17) is 4.74 Å². The van der Waals surface area contributed by atoms with Crippen molar-refractivity contribution >= 4 is 17.7 Å². The van der Waals surface area contributed by atoms with Crippen LogP contribution >= 0.6 is 11.8 Å². The highest BCUT2D eigenvalue weighted by Gasteiger charge is 2.31. The minimum atomic E-state index is -4.48. The zero-order valence-electron chi connectivity index (χ0n) is 16.5. The van der Waals surface area contributed by atoms with Crippen molar-refractivity contribution in [1.82, 2.24) is 20.1 Å². The lowest BCUT2D eigenvalue weighted by Gasteiger charge is -2.13. The number of amides is 1. The van der Waals surface area contributed by atoms with E-state index in [2.05, 4.69) is 15.5 Å². The van der Waals surface area contributed by atoms with Gasteiger partial charge in [0.15, 0.2) is 11.0 Å². The molecule has 1 aromatic heterocycles. The Morgan fingerprint density at radius 2 is 1.94 bits per heavy atom. The number of alkyl halides is 3. The van der Waals surface area contributed by atoms with Gasteiger partial charge in [-0.15, -0.1) is 10.2 Å². The van der Waals surface area contributed by atoms with E-state index in [9.17, 15) is 18.0 Å². The van der Waals surface area contributed by atoms with Crippen molar-refractivity contribution in [2.75, 3.05) is 12.9 Å². The number of hydrogen-bond acceptors (Lipinski definition) is 5. The van der Waals surface area contributed by atoms with Crippen molar-refractivity contribution in [2.45, 2.75) is 30.2 Å². The monoisotopic (exact) mass is 448 g/mol. The summed E-state index contributed by atoms with van der Waals surface area (Å²) in [4.78, 5) is 12.1. The molecule has 31 heavy (non-hydrogen) atoms. The summed E-state index contributed by atoms with van der Waals surface area (Å²) in [6.45, 7) is 0. The number of carbonyl (C=O) groups excluding carboxylic acids is 1. The first-order chi connectivity index (χ1) is 14.8. The molecule has 2 aromatic carbocycles. The highest BCUT2D eigenvalue weighted by atomic mass is 32.2. The van der Waals surface area contributed by atoms with Gasteiger partial charge >= 0.3 is 6.18 Å². The van der Waals surface area contributed by atoms with E-state index >= 15 is 0 Å². The van der Waals surface area contributed by atoms with Gasteiger partial charge in [0.2, 0.25) is 5.91 Å². The number of aromatic nitrogens is 3. The Kier molecular flexibility index (Phi) is 5.90. The van der Waals surface area contributed by atoms with Crippen LogP contribution in [0.15, 0.2) is 53.7 Å². The van der Waals surface area contributed by atoms with Gasteiger partial charge in [-0.3, -0.25) is 9.36 Å². The molecule has 0 unspecified atom stereocenters. The highest BCUT2D eigenvalue weighted by molar-refractivity contribution is 7.99. The van der Waals surface area contributed by atoms with Gasteiger partial charge in [0.1, 0.15) is 5.75 Å². The lowest BCUT2D eigenvalue weighted by atomic mass is 10.1. The maximum absolute atomic E-state index is 13.3. The molecule has 0 radical (unpaired) electrons. The number of thioether (sulfide) groups is 1. The lowest BCUT2D eigenvalue weighted by molar-refractivity contribution is -0.137. The number of nitrogens with one attached hydrogen (secondary N) is 1. The fourth-order valence-electron chi connectivity index (χ4n) is 2.97. The largest absolute Gasteiger partial charge is 0.497 e. The molecule has 0 aliphatic heterocycles. The van der Waals surface area contributed by atoms with Crippen molar-refractivity contribution in [3.8, 4) is 22.8 Å². The number of benzene rings is 2. The number of hydrogen-bond donors (Lipinski definition) is 1. The number of nitrogens with zero attached hydrogens (tertiary/aromatic N) is 3. The molecule has 6 nitrogen and oxygen atoms in total. The fourth-order valence-corrected chi connectivity index (χ4v) is 3.73. The molecule has 1 N–H and O–H groups in total. The fraction of sp³-hybridized carbons (Fsp3) is 0.286. The quantitative estimate of drug-likeness (QED) is 0.545. The van der Waals surface area contributed by atoms with E-state index in [1.54, 1.807) is 37.4 Å². The summed E-state index contributed by atoms with van der Waals surface area (Å²) >= 11 is 1.13. The Labute approximate surface area is 180 Å². The second-order valence-corrected chi connectivity index (χ2v) is 7.99. The molecule has 1 aliphatic rings. The number of carbonyl (C=O) groups is 1. The number of methoxy groups -OCH3 is 1. The predicted molar refractivity (Wildman–Crippen MR) is 110 cm³/mol. The first-order valence-electron chi connectivity index (χ1n) is 9.55. The molecular weight excluding hydrogens is 429 g/mol. The zero-order chi connectivity index (χ0) is 22.0. The molecule has 10 heteroatoms. The molecule has 0 bridgehead atoms. The Hall–Kier alpha value is -3.01. The van der Waals surface area contributed by atoms with Gasteiger partial charge in [-0.1, -0.05) is 17.8 Å². The van der Waals surface area contributed by atoms with Crippen molar-refractivity contribution in [2.24, 2.45) is 0 Å². The lowest BCUT2D eigenvalue weighted by Crippen LogP contribution is -2.27. The standard InChI is InChI=1S/C21H19F3N4O2S/c1-30-17-9-5-13(6-10-17)19-26-27-20(31-12-18(29)25-15-7-8-15)28(19)16-4-2-3-14(11-16)21(22,23)24/h2-6,9-11,15H,7-8,12H2,1H3,(H,25,29). The first-order valence-corrected chi connectivity index (χ1v) is 10.5. The van der Waals surface area contributed by atoms with E-state index in [0.29, 0.717) is 22.3 Å². The van der Waals surface area contributed by atoms with Gasteiger partial charge in [-0.2, -0.15) is 13.2 Å². The predicted octanol–water partition coefficient (Wildman–Crippen LogP) is 4.33. The van der Waals surface area contributed by atoms with Crippen LogP contribution in [0.4, 0.5) is 13.2 Å². The maximum Gasteiger partial charge on any atom is 0.416 e. The SMILES string of the molecule is COc1ccc(-c2nnc(SCC(=O)NC3CC3)n2-c2cccc(C(F)(F)F)c2)cc1. The third-order valence-corrected chi connectivity index (χ3v) is 5.62. The first kappa shape index (κ1) is 21.2. The van der Waals surface area contributed by atoms with Crippen molar-refractivity contribution in [3.63, 3.8) is 0 Å². The van der Waals surface area contributed by atoms with Crippen LogP contribution in [0.3, 0.4) is 0 Å². The minimum Gasteiger partial charge on any atom is -0.497 e. The van der Waals surface area contributed by atoms with Gasteiger partial charge < -0.3 is 10.1 Å². The maximum atomic E-state index is 13.3. The van der Waals surface area contributed by atoms with Crippen LogP contribution in [0, 0.1) is 0 Å². The number of ether oxygens (including phenoxy) is 1. The van der Waals surface area contributed by atoms with Crippen LogP contribution in [0.25, 0.3) is 17.1 Å². The van der Waals surface area contributed by atoms with Gasteiger partial charge in [-0.05, 0) is 55.3 Å². The third kappa shape index (κ3) is 5.01. The van der Waals surface area contributed by atoms with Crippen molar-refractivity contribution in [1.29, 1.82) is 0 Å². The molecule has 1 heterocycles. The molecule has 0 atom stereocenters. The molecule has 1 amide bonds. The van der Waals surface area contributed by atoms with E-state index in [1.807, 2.05) is 0 Å². The van der Waals surface area contributed by atoms with Crippen molar-refractivity contribution < 1.29 is 22.7 Å². The van der Waals surface area contributed by atoms with E-state index < -0.39 is 11.7 Å². The van der Waals surface area contributed by atoms with Crippen LogP contribution in [0.1, 0.15) is 18.4 Å². The summed E-state index contributed by atoms with van der Waals surface area (Å²) in [5, 5.41) is 11.6. The molecule has 162 valence electrons. The van der Waals surface area contributed by atoms with Gasteiger partial charge in [0, 0.05) is 11.6 Å². The average Bonchev–Trinajstić information content (AvgIpc) is 3.47. The summed E-state index contributed by atoms with van der Waals surface area (Å²) in [5.74, 6) is 0.959. The second kappa shape index (κ2) is 8.62. The van der Waals surface area contributed by atoms with Gasteiger partial charge in [0.05, 0.1) is 24.1 Å². The second-order valence-electron chi connectivity index (χ2n) is 7.05. The summed E-state index contributed by atoms with van der Waals surface area (Å²) in [6.07, 6.45) is -2.54. The van der Waals surface area contributed by atoms with Gasteiger partial charge in [0.25, 0.3) is 0 Å². The zero-order valence-corrected chi connectivity index (χ0v) is 17.3. The third-order valence-electron chi connectivity index (χ3n) is 4.69. The Morgan fingerprint density at radius 1 is 1.19 bits per heavy atom. The Balaban J connectivity index is 1.71. The van der Waals surface area contributed by atoms with Crippen molar-refractivity contribution in [3.05, 3.63) is 54.1 Å². The summed E-state index contributed by atoms with van der Waals surface area (Å²) < 4.78 is 46.6. The molecule has 1 saturated carbocycles.